The second-order valence-electron chi connectivity index (χ2n) is 7.89. The normalized spacial score (nSPS) is 11.4. The summed E-state index contributed by atoms with van der Waals surface area (Å²) in [5.74, 6) is 1.34. The van der Waals surface area contributed by atoms with Gasteiger partial charge in [-0.3, -0.25) is 5.10 Å². The van der Waals surface area contributed by atoms with Crippen LogP contribution in [0.15, 0.2) is 77.5 Å². The molecule has 0 amide bonds. The minimum Gasteiger partial charge on any atom is -0.369 e. The Labute approximate surface area is 197 Å². The zero-order valence-electron chi connectivity index (χ0n) is 17.6. The number of hydrogen-bond acceptors (Lipinski definition) is 5. The quantitative estimate of drug-likeness (QED) is 0.221. The SMILES string of the molecule is Brc1ccc2nc(Nc3ccc4[nH]ncc4c3)nc(NCCc3c[nH]c4ccccc34)c2c1. The highest BCUT2D eigenvalue weighted by Crippen LogP contribution is 2.28. The van der Waals surface area contributed by atoms with Crippen LogP contribution in [0.3, 0.4) is 0 Å². The molecule has 0 unspecified atom stereocenters. The van der Waals surface area contributed by atoms with Gasteiger partial charge in [-0.2, -0.15) is 10.1 Å². The van der Waals surface area contributed by atoms with E-state index in [4.69, 9.17) is 9.97 Å². The summed E-state index contributed by atoms with van der Waals surface area (Å²) in [6, 6.07) is 20.4. The Hall–Kier alpha value is -3.91. The predicted octanol–water partition coefficient (Wildman–Crippen LogP) is 6.15. The molecule has 3 aromatic carbocycles. The van der Waals surface area contributed by atoms with Crippen molar-refractivity contribution in [1.82, 2.24) is 25.1 Å². The number of anilines is 3. The van der Waals surface area contributed by atoms with Crippen LogP contribution < -0.4 is 10.6 Å². The van der Waals surface area contributed by atoms with Crippen LogP contribution in [-0.2, 0) is 6.42 Å². The molecule has 4 N–H and O–H groups in total. The second kappa shape index (κ2) is 8.22. The summed E-state index contributed by atoms with van der Waals surface area (Å²) >= 11 is 3.57. The van der Waals surface area contributed by atoms with E-state index in [0.29, 0.717) is 5.95 Å². The standard InChI is InChI=1S/C25H20BrN7/c26-17-5-7-23-20(12-17)24(27-10-9-15-13-28-22-4-2-1-3-19(15)22)32-25(31-23)30-18-6-8-21-16(11-18)14-29-33-21/h1-8,11-14,28H,9-10H2,(H,29,33)(H2,27,30,31,32). The summed E-state index contributed by atoms with van der Waals surface area (Å²) in [5, 5.41) is 17.2. The second-order valence-corrected chi connectivity index (χ2v) is 8.81. The van der Waals surface area contributed by atoms with Gasteiger partial charge in [0.15, 0.2) is 0 Å². The average molecular weight is 498 g/mol. The lowest BCUT2D eigenvalue weighted by Crippen LogP contribution is -2.09. The number of halogens is 1. The maximum Gasteiger partial charge on any atom is 0.229 e. The van der Waals surface area contributed by atoms with E-state index in [-0.39, 0.29) is 0 Å². The Morgan fingerprint density at radius 1 is 0.909 bits per heavy atom. The highest BCUT2D eigenvalue weighted by molar-refractivity contribution is 9.10. The fourth-order valence-electron chi connectivity index (χ4n) is 4.09. The van der Waals surface area contributed by atoms with Crippen molar-refractivity contribution in [3.63, 3.8) is 0 Å². The highest BCUT2D eigenvalue weighted by atomic mass is 79.9. The van der Waals surface area contributed by atoms with Crippen LogP contribution in [-0.4, -0.2) is 31.7 Å². The van der Waals surface area contributed by atoms with Crippen LogP contribution in [0.2, 0.25) is 0 Å². The molecule has 0 saturated carbocycles. The molecule has 0 aliphatic heterocycles. The minimum atomic E-state index is 0.544. The molecule has 0 atom stereocenters. The van der Waals surface area contributed by atoms with E-state index in [1.807, 2.05) is 42.5 Å². The van der Waals surface area contributed by atoms with Crippen LogP contribution in [0.1, 0.15) is 5.56 Å². The number of hydrogen-bond donors (Lipinski definition) is 4. The van der Waals surface area contributed by atoms with Crippen molar-refractivity contribution in [2.45, 2.75) is 6.42 Å². The maximum absolute atomic E-state index is 4.80. The van der Waals surface area contributed by atoms with Crippen LogP contribution in [0.4, 0.5) is 17.5 Å². The fraction of sp³-hybridized carbons (Fsp3) is 0.0800. The molecule has 0 spiro atoms. The minimum absolute atomic E-state index is 0.544. The molecule has 0 saturated heterocycles. The first-order chi connectivity index (χ1) is 16.2. The first-order valence-electron chi connectivity index (χ1n) is 10.7. The molecule has 0 aliphatic carbocycles. The van der Waals surface area contributed by atoms with Crippen molar-refractivity contribution in [3.05, 3.63) is 83.1 Å². The number of aromatic nitrogens is 5. The summed E-state index contributed by atoms with van der Waals surface area (Å²) < 4.78 is 0.990. The first-order valence-corrected chi connectivity index (χ1v) is 11.5. The van der Waals surface area contributed by atoms with Gasteiger partial charge < -0.3 is 15.6 Å². The number of para-hydroxylation sites is 1. The molecule has 6 aromatic rings. The lowest BCUT2D eigenvalue weighted by Gasteiger charge is -2.12. The number of nitrogens with one attached hydrogen (secondary N) is 4. The number of H-pyrrole nitrogens is 2. The van der Waals surface area contributed by atoms with Crippen LogP contribution in [0, 0.1) is 0 Å². The molecule has 162 valence electrons. The van der Waals surface area contributed by atoms with E-state index < -0.39 is 0 Å². The van der Waals surface area contributed by atoms with Crippen molar-refractivity contribution >= 4 is 66.1 Å². The van der Waals surface area contributed by atoms with Gasteiger partial charge in [-0.1, -0.05) is 34.1 Å². The summed E-state index contributed by atoms with van der Waals surface area (Å²) in [5.41, 5.74) is 5.21. The third-order valence-electron chi connectivity index (χ3n) is 5.72. The number of nitrogens with zero attached hydrogens (tertiary/aromatic N) is 3. The Bertz CT molecular complexity index is 1600. The number of fused-ring (bicyclic) bond motifs is 3. The molecule has 0 fully saturated rings. The van der Waals surface area contributed by atoms with E-state index in [1.54, 1.807) is 6.20 Å². The molecule has 33 heavy (non-hydrogen) atoms. The lowest BCUT2D eigenvalue weighted by atomic mass is 10.1. The van der Waals surface area contributed by atoms with Crippen molar-refractivity contribution < 1.29 is 0 Å². The molecule has 0 aliphatic rings. The Morgan fingerprint density at radius 2 is 1.85 bits per heavy atom. The van der Waals surface area contributed by atoms with Crippen LogP contribution in [0.25, 0.3) is 32.7 Å². The number of aromatic amines is 2. The summed E-state index contributed by atoms with van der Waals surface area (Å²) in [6.45, 7) is 0.751. The zero-order valence-corrected chi connectivity index (χ0v) is 19.1. The van der Waals surface area contributed by atoms with Crippen LogP contribution >= 0.6 is 15.9 Å². The summed E-state index contributed by atoms with van der Waals surface area (Å²) in [6.07, 6.45) is 4.76. The number of benzene rings is 3. The Kier molecular flexibility index (Phi) is 4.92. The highest BCUT2D eigenvalue weighted by Gasteiger charge is 2.10. The Balaban J connectivity index is 1.29. The third kappa shape index (κ3) is 3.89. The molecule has 0 bridgehead atoms. The van der Waals surface area contributed by atoms with E-state index in [0.717, 1.165) is 56.3 Å². The van der Waals surface area contributed by atoms with E-state index in [9.17, 15) is 0 Å². The molecule has 3 aromatic heterocycles. The third-order valence-corrected chi connectivity index (χ3v) is 6.21. The zero-order chi connectivity index (χ0) is 22.2. The van der Waals surface area contributed by atoms with Gasteiger partial charge in [0.05, 0.1) is 17.2 Å². The summed E-state index contributed by atoms with van der Waals surface area (Å²) in [7, 11) is 0. The van der Waals surface area contributed by atoms with Gasteiger partial charge in [0.1, 0.15) is 5.82 Å². The monoisotopic (exact) mass is 497 g/mol. The van der Waals surface area contributed by atoms with Gasteiger partial charge >= 0.3 is 0 Å². The lowest BCUT2D eigenvalue weighted by molar-refractivity contribution is 1.01. The van der Waals surface area contributed by atoms with Gasteiger partial charge in [0.2, 0.25) is 5.95 Å². The van der Waals surface area contributed by atoms with E-state index in [1.165, 1.54) is 10.9 Å². The maximum atomic E-state index is 4.80. The van der Waals surface area contributed by atoms with Crippen molar-refractivity contribution in [3.8, 4) is 0 Å². The van der Waals surface area contributed by atoms with Crippen molar-refractivity contribution in [2.75, 3.05) is 17.2 Å². The molecular formula is C25H20BrN7. The average Bonchev–Trinajstić information content (AvgIpc) is 3.46. The molecule has 7 nitrogen and oxygen atoms in total. The van der Waals surface area contributed by atoms with Crippen molar-refractivity contribution in [1.29, 1.82) is 0 Å². The smallest absolute Gasteiger partial charge is 0.229 e. The fourth-order valence-corrected chi connectivity index (χ4v) is 4.46. The summed E-state index contributed by atoms with van der Waals surface area (Å²) in [4.78, 5) is 12.9. The molecule has 8 heteroatoms. The predicted molar refractivity (Wildman–Crippen MR) is 137 cm³/mol. The largest absolute Gasteiger partial charge is 0.369 e. The van der Waals surface area contributed by atoms with Crippen molar-refractivity contribution in [2.24, 2.45) is 0 Å². The van der Waals surface area contributed by atoms with Gasteiger partial charge in [0, 0.05) is 44.6 Å². The number of rotatable bonds is 6. The Morgan fingerprint density at radius 3 is 2.82 bits per heavy atom. The molecular weight excluding hydrogens is 478 g/mol. The molecule has 0 radical (unpaired) electrons. The van der Waals surface area contributed by atoms with Gasteiger partial charge in [-0.15, -0.1) is 0 Å². The molecule has 3 heterocycles. The first kappa shape index (κ1) is 19.8. The van der Waals surface area contributed by atoms with E-state index in [2.05, 4.69) is 66.1 Å². The van der Waals surface area contributed by atoms with Crippen LogP contribution in [0.5, 0.6) is 0 Å². The van der Waals surface area contributed by atoms with Gasteiger partial charge in [0.25, 0.3) is 0 Å². The molecule has 6 rings (SSSR count). The van der Waals surface area contributed by atoms with Gasteiger partial charge in [-0.25, -0.2) is 4.98 Å². The van der Waals surface area contributed by atoms with E-state index >= 15 is 0 Å². The van der Waals surface area contributed by atoms with Gasteiger partial charge in [-0.05, 0) is 54.4 Å². The topological polar surface area (TPSA) is 94.3 Å².